The summed E-state index contributed by atoms with van der Waals surface area (Å²) in [6.07, 6.45) is 6.07. The van der Waals surface area contributed by atoms with Gasteiger partial charge in [0.2, 0.25) is 0 Å². The minimum absolute atomic E-state index is 0.444. The van der Waals surface area contributed by atoms with E-state index < -0.39 is 5.79 Å². The first kappa shape index (κ1) is 17.0. The van der Waals surface area contributed by atoms with Gasteiger partial charge in [-0.2, -0.15) is 0 Å². The monoisotopic (exact) mass is 383 g/mol. The molecule has 0 bridgehead atoms. The van der Waals surface area contributed by atoms with Gasteiger partial charge in [0, 0.05) is 48.8 Å². The van der Waals surface area contributed by atoms with Gasteiger partial charge in [0.15, 0.2) is 11.6 Å². The average Bonchev–Trinajstić information content (AvgIpc) is 3.30. The number of aromatic nitrogens is 3. The van der Waals surface area contributed by atoms with Gasteiger partial charge in [0.1, 0.15) is 10.6 Å². The van der Waals surface area contributed by atoms with Crippen LogP contribution in [-0.2, 0) is 22.3 Å². The average molecular weight is 383 g/mol. The summed E-state index contributed by atoms with van der Waals surface area (Å²) in [5.41, 5.74) is 7.99. The summed E-state index contributed by atoms with van der Waals surface area (Å²) in [5, 5.41) is 4.52. The highest BCUT2D eigenvalue weighted by molar-refractivity contribution is 7.19. The van der Waals surface area contributed by atoms with Gasteiger partial charge in [-0.15, -0.1) is 11.3 Å². The fraction of sp³-hybridized carbons (Fsp3) is 0.421. The highest BCUT2D eigenvalue weighted by Crippen LogP contribution is 2.44. The lowest BCUT2D eigenvalue weighted by molar-refractivity contribution is -0.163. The zero-order valence-corrected chi connectivity index (χ0v) is 15.7. The standard InChI is InChI=1S/C19H21N5O2S/c20-5-8-22-17-15-13-1-4-19(25-9-10-26-19)11-14(13)27-18(15)24-16(23-17)12-2-6-21-7-3-12/h2-3,6-7H,1,4-5,8-11,20H2,(H,22,23,24). The molecule has 8 heteroatoms. The van der Waals surface area contributed by atoms with Crippen LogP contribution in [0.3, 0.4) is 0 Å². The number of fused-ring (bicyclic) bond motifs is 3. The Morgan fingerprint density at radius 3 is 2.78 bits per heavy atom. The molecule has 1 aliphatic heterocycles. The quantitative estimate of drug-likeness (QED) is 0.714. The lowest BCUT2D eigenvalue weighted by Crippen LogP contribution is -2.36. The first-order valence-electron chi connectivity index (χ1n) is 9.22. The Hall–Kier alpha value is -2.13. The summed E-state index contributed by atoms with van der Waals surface area (Å²) < 4.78 is 11.9. The molecule has 3 aromatic heterocycles. The zero-order chi connectivity index (χ0) is 18.3. The van der Waals surface area contributed by atoms with Crippen molar-refractivity contribution in [2.45, 2.75) is 25.0 Å². The highest BCUT2D eigenvalue weighted by atomic mass is 32.1. The number of nitrogens with two attached hydrogens (primary N) is 1. The van der Waals surface area contributed by atoms with E-state index in [1.165, 1.54) is 10.4 Å². The van der Waals surface area contributed by atoms with E-state index in [-0.39, 0.29) is 0 Å². The lowest BCUT2D eigenvalue weighted by Gasteiger charge is -2.31. The van der Waals surface area contributed by atoms with Crippen LogP contribution in [0.1, 0.15) is 16.9 Å². The molecule has 0 radical (unpaired) electrons. The minimum Gasteiger partial charge on any atom is -0.368 e. The maximum Gasteiger partial charge on any atom is 0.173 e. The summed E-state index contributed by atoms with van der Waals surface area (Å²) in [5.74, 6) is 1.12. The number of nitrogens with zero attached hydrogens (tertiary/aromatic N) is 3. The maximum atomic E-state index is 5.93. The van der Waals surface area contributed by atoms with Crippen LogP contribution >= 0.6 is 11.3 Å². The Kier molecular flexibility index (Phi) is 4.28. The third-order valence-electron chi connectivity index (χ3n) is 5.11. The van der Waals surface area contributed by atoms with Crippen LogP contribution in [0.25, 0.3) is 21.6 Å². The molecule has 1 saturated heterocycles. The molecule has 2 aliphatic rings. The molecule has 5 rings (SSSR count). The van der Waals surface area contributed by atoms with Gasteiger partial charge in [-0.3, -0.25) is 4.98 Å². The van der Waals surface area contributed by atoms with Crippen LogP contribution in [-0.4, -0.2) is 47.0 Å². The molecule has 27 heavy (non-hydrogen) atoms. The SMILES string of the molecule is NCCNc1nc(-c2ccncc2)nc2sc3c(c12)CCC1(C3)OCCO1. The summed E-state index contributed by atoms with van der Waals surface area (Å²) in [7, 11) is 0. The third kappa shape index (κ3) is 2.98. The molecule has 0 atom stereocenters. The second-order valence-corrected chi connectivity index (χ2v) is 7.90. The van der Waals surface area contributed by atoms with E-state index in [1.54, 1.807) is 23.7 Å². The maximum absolute atomic E-state index is 5.93. The minimum atomic E-state index is -0.444. The van der Waals surface area contributed by atoms with Crippen molar-refractivity contribution < 1.29 is 9.47 Å². The Balaban J connectivity index is 1.63. The van der Waals surface area contributed by atoms with Gasteiger partial charge in [-0.05, 0) is 24.1 Å². The number of ether oxygens (including phenoxy) is 2. The third-order valence-corrected chi connectivity index (χ3v) is 6.23. The van der Waals surface area contributed by atoms with Crippen LogP contribution in [0.15, 0.2) is 24.5 Å². The smallest absolute Gasteiger partial charge is 0.173 e. The molecule has 0 amide bonds. The normalized spacial score (nSPS) is 18.1. The Morgan fingerprint density at radius 2 is 2.00 bits per heavy atom. The van der Waals surface area contributed by atoms with Gasteiger partial charge in [0.25, 0.3) is 0 Å². The fourth-order valence-electron chi connectivity index (χ4n) is 3.85. The predicted octanol–water partition coefficient (Wildman–Crippen LogP) is 2.36. The Bertz CT molecular complexity index is 969. The Labute approximate surface area is 160 Å². The summed E-state index contributed by atoms with van der Waals surface area (Å²) in [6, 6.07) is 3.85. The molecular formula is C19H21N5O2S. The van der Waals surface area contributed by atoms with Gasteiger partial charge >= 0.3 is 0 Å². The van der Waals surface area contributed by atoms with Crippen LogP contribution in [0, 0.1) is 0 Å². The van der Waals surface area contributed by atoms with Crippen LogP contribution in [0.5, 0.6) is 0 Å². The van der Waals surface area contributed by atoms with E-state index in [2.05, 4.69) is 10.3 Å². The van der Waals surface area contributed by atoms with Crippen molar-refractivity contribution in [1.82, 2.24) is 15.0 Å². The highest BCUT2D eigenvalue weighted by Gasteiger charge is 2.41. The van der Waals surface area contributed by atoms with E-state index >= 15 is 0 Å². The second kappa shape index (κ2) is 6.79. The van der Waals surface area contributed by atoms with Crippen molar-refractivity contribution >= 4 is 27.4 Å². The van der Waals surface area contributed by atoms with Gasteiger partial charge in [-0.25, -0.2) is 9.97 Å². The van der Waals surface area contributed by atoms with Crippen molar-refractivity contribution in [3.63, 3.8) is 0 Å². The molecular weight excluding hydrogens is 362 g/mol. The largest absolute Gasteiger partial charge is 0.368 e. The van der Waals surface area contributed by atoms with Gasteiger partial charge in [0.05, 0.1) is 18.6 Å². The summed E-state index contributed by atoms with van der Waals surface area (Å²) in [4.78, 5) is 16.0. The van der Waals surface area contributed by atoms with Gasteiger partial charge < -0.3 is 20.5 Å². The van der Waals surface area contributed by atoms with E-state index in [0.717, 1.165) is 40.9 Å². The van der Waals surface area contributed by atoms with Crippen molar-refractivity contribution in [1.29, 1.82) is 0 Å². The van der Waals surface area contributed by atoms with E-state index in [1.807, 2.05) is 12.1 Å². The molecule has 0 unspecified atom stereocenters. The first-order valence-corrected chi connectivity index (χ1v) is 10.0. The molecule has 3 N–H and O–H groups in total. The molecule has 1 fully saturated rings. The van der Waals surface area contributed by atoms with E-state index in [9.17, 15) is 0 Å². The van der Waals surface area contributed by atoms with Crippen molar-refractivity contribution in [3.05, 3.63) is 35.0 Å². The summed E-state index contributed by atoms with van der Waals surface area (Å²) in [6.45, 7) is 2.57. The lowest BCUT2D eigenvalue weighted by atomic mass is 9.92. The number of nitrogens with one attached hydrogen (secondary N) is 1. The van der Waals surface area contributed by atoms with Crippen molar-refractivity contribution in [2.75, 3.05) is 31.6 Å². The molecule has 1 aliphatic carbocycles. The predicted molar refractivity (Wildman–Crippen MR) is 105 cm³/mol. The molecule has 7 nitrogen and oxygen atoms in total. The molecule has 4 heterocycles. The van der Waals surface area contributed by atoms with Gasteiger partial charge in [-0.1, -0.05) is 0 Å². The number of rotatable bonds is 4. The number of pyridine rings is 1. The number of anilines is 1. The van der Waals surface area contributed by atoms with Crippen LogP contribution in [0.2, 0.25) is 0 Å². The first-order chi connectivity index (χ1) is 13.3. The topological polar surface area (TPSA) is 95.2 Å². The number of hydrogen-bond acceptors (Lipinski definition) is 8. The Morgan fingerprint density at radius 1 is 1.19 bits per heavy atom. The fourth-order valence-corrected chi connectivity index (χ4v) is 5.16. The summed E-state index contributed by atoms with van der Waals surface area (Å²) >= 11 is 1.72. The molecule has 0 aromatic carbocycles. The zero-order valence-electron chi connectivity index (χ0n) is 14.9. The van der Waals surface area contributed by atoms with E-state index in [0.29, 0.717) is 32.1 Å². The molecule has 1 spiro atoms. The van der Waals surface area contributed by atoms with Crippen molar-refractivity contribution in [2.24, 2.45) is 5.73 Å². The van der Waals surface area contributed by atoms with E-state index in [4.69, 9.17) is 25.2 Å². The molecule has 0 saturated carbocycles. The number of thiophene rings is 1. The number of hydrogen-bond donors (Lipinski definition) is 2. The van der Waals surface area contributed by atoms with Crippen LogP contribution in [0.4, 0.5) is 5.82 Å². The van der Waals surface area contributed by atoms with Crippen molar-refractivity contribution in [3.8, 4) is 11.4 Å². The van der Waals surface area contributed by atoms with Crippen LogP contribution < -0.4 is 11.1 Å². The number of aryl methyl sites for hydroxylation is 1. The molecule has 3 aromatic rings. The molecule has 140 valence electrons. The second-order valence-electron chi connectivity index (χ2n) is 6.82.